The summed E-state index contributed by atoms with van der Waals surface area (Å²) in [7, 11) is 0. The fourth-order valence-electron chi connectivity index (χ4n) is 2.66. The first-order chi connectivity index (χ1) is 10.8. The molecule has 2 aromatic heterocycles. The number of hydrogen-bond donors (Lipinski definition) is 0. The molecule has 0 spiro atoms. The number of rotatable bonds is 3. The Kier molecular flexibility index (Phi) is 3.23. The number of benzene rings is 1. The predicted molar refractivity (Wildman–Crippen MR) is 78.1 cm³/mol. The fourth-order valence-corrected chi connectivity index (χ4v) is 2.66. The van der Waals surface area contributed by atoms with Gasteiger partial charge in [0.1, 0.15) is 17.0 Å². The smallest absolute Gasteiger partial charge is 0.263 e. The summed E-state index contributed by atoms with van der Waals surface area (Å²) < 4.78 is 16.2. The van der Waals surface area contributed by atoms with Crippen LogP contribution in [0.2, 0.25) is 0 Å². The summed E-state index contributed by atoms with van der Waals surface area (Å²) in [6, 6.07) is 9.82. The van der Waals surface area contributed by atoms with Gasteiger partial charge in [0, 0.05) is 18.1 Å². The lowest BCUT2D eigenvalue weighted by Gasteiger charge is -1.99. The van der Waals surface area contributed by atoms with Gasteiger partial charge in [-0.2, -0.15) is 4.98 Å². The minimum absolute atomic E-state index is 0.206. The van der Waals surface area contributed by atoms with E-state index in [1.807, 2.05) is 37.3 Å². The van der Waals surface area contributed by atoms with Crippen LogP contribution in [0, 0.1) is 6.92 Å². The van der Waals surface area contributed by atoms with Gasteiger partial charge < -0.3 is 13.8 Å². The molecule has 6 nitrogen and oxygen atoms in total. The first-order valence-electron chi connectivity index (χ1n) is 7.26. The van der Waals surface area contributed by atoms with Gasteiger partial charge in [-0.1, -0.05) is 40.6 Å². The highest BCUT2D eigenvalue weighted by Gasteiger charge is 2.26. The van der Waals surface area contributed by atoms with Crippen molar-refractivity contribution in [3.05, 3.63) is 41.9 Å². The van der Waals surface area contributed by atoms with Crippen molar-refractivity contribution in [3.8, 4) is 22.7 Å². The molecule has 0 radical (unpaired) electrons. The zero-order chi connectivity index (χ0) is 14.9. The molecule has 0 amide bonds. The van der Waals surface area contributed by atoms with Gasteiger partial charge in [0.2, 0.25) is 0 Å². The van der Waals surface area contributed by atoms with Crippen LogP contribution in [0.5, 0.6) is 0 Å². The van der Waals surface area contributed by atoms with Crippen LogP contribution in [-0.4, -0.2) is 28.5 Å². The number of hydrogen-bond acceptors (Lipinski definition) is 6. The maximum Gasteiger partial charge on any atom is 0.263 e. The van der Waals surface area contributed by atoms with Gasteiger partial charge in [-0.3, -0.25) is 0 Å². The Hall–Kier alpha value is -2.47. The Labute approximate surface area is 127 Å². The molecule has 22 heavy (non-hydrogen) atoms. The Morgan fingerprint density at radius 1 is 1.09 bits per heavy atom. The van der Waals surface area contributed by atoms with Gasteiger partial charge >= 0.3 is 0 Å². The zero-order valence-corrected chi connectivity index (χ0v) is 12.2. The molecular formula is C16H15N3O3. The Morgan fingerprint density at radius 2 is 1.95 bits per heavy atom. The van der Waals surface area contributed by atoms with Gasteiger partial charge in [0.25, 0.3) is 5.89 Å². The number of aromatic nitrogens is 3. The van der Waals surface area contributed by atoms with Crippen LogP contribution < -0.4 is 0 Å². The second-order valence-electron chi connectivity index (χ2n) is 5.35. The van der Waals surface area contributed by atoms with Gasteiger partial charge in [-0.25, -0.2) is 0 Å². The van der Waals surface area contributed by atoms with Crippen LogP contribution in [-0.2, 0) is 4.74 Å². The number of nitrogens with zero attached hydrogens (tertiary/aromatic N) is 3. The normalized spacial score (nSPS) is 18.0. The summed E-state index contributed by atoms with van der Waals surface area (Å²) in [6.45, 7) is 3.24. The number of aryl methyl sites for hydroxylation is 1. The molecule has 1 aliphatic rings. The van der Waals surface area contributed by atoms with Crippen LogP contribution in [0.4, 0.5) is 0 Å². The van der Waals surface area contributed by atoms with E-state index in [-0.39, 0.29) is 5.92 Å². The van der Waals surface area contributed by atoms with Crippen molar-refractivity contribution in [2.45, 2.75) is 19.3 Å². The van der Waals surface area contributed by atoms with Crippen LogP contribution in [0.15, 0.2) is 39.4 Å². The van der Waals surface area contributed by atoms with Crippen molar-refractivity contribution in [2.75, 3.05) is 13.2 Å². The molecule has 0 N–H and O–H groups in total. The molecule has 1 atom stereocenters. The van der Waals surface area contributed by atoms with Crippen LogP contribution in [0.3, 0.4) is 0 Å². The molecule has 1 aliphatic heterocycles. The summed E-state index contributed by atoms with van der Waals surface area (Å²) >= 11 is 0. The monoisotopic (exact) mass is 297 g/mol. The Morgan fingerprint density at radius 3 is 2.73 bits per heavy atom. The van der Waals surface area contributed by atoms with E-state index in [9.17, 15) is 0 Å². The van der Waals surface area contributed by atoms with Gasteiger partial charge in [0.15, 0.2) is 5.82 Å². The lowest BCUT2D eigenvalue weighted by molar-refractivity contribution is 0.192. The number of ether oxygens (including phenoxy) is 1. The summed E-state index contributed by atoms with van der Waals surface area (Å²) in [5.41, 5.74) is 2.43. The maximum absolute atomic E-state index is 5.45. The van der Waals surface area contributed by atoms with E-state index in [0.717, 1.165) is 29.8 Å². The molecule has 0 saturated carbocycles. The first-order valence-corrected chi connectivity index (χ1v) is 7.26. The molecule has 1 saturated heterocycles. The minimum Gasteiger partial charge on any atom is -0.381 e. The summed E-state index contributed by atoms with van der Waals surface area (Å²) in [5, 5.41) is 8.24. The van der Waals surface area contributed by atoms with E-state index in [2.05, 4.69) is 15.3 Å². The SMILES string of the molecule is Cc1onc(-c2ccccc2)c1-c1nc(C2CCOC2)no1. The van der Waals surface area contributed by atoms with Gasteiger partial charge in [-0.05, 0) is 13.3 Å². The van der Waals surface area contributed by atoms with Gasteiger partial charge in [-0.15, -0.1) is 0 Å². The first kappa shape index (κ1) is 13.2. The van der Waals surface area contributed by atoms with E-state index in [1.54, 1.807) is 0 Å². The second kappa shape index (κ2) is 5.38. The molecule has 1 fully saturated rings. The topological polar surface area (TPSA) is 74.2 Å². The van der Waals surface area contributed by atoms with E-state index < -0.39 is 0 Å². The molecule has 1 aromatic carbocycles. The van der Waals surface area contributed by atoms with E-state index in [4.69, 9.17) is 13.8 Å². The van der Waals surface area contributed by atoms with Crippen molar-refractivity contribution in [3.63, 3.8) is 0 Å². The highest BCUT2D eigenvalue weighted by atomic mass is 16.5. The zero-order valence-electron chi connectivity index (χ0n) is 12.2. The molecule has 3 aromatic rings. The average molecular weight is 297 g/mol. The molecule has 4 rings (SSSR count). The summed E-state index contributed by atoms with van der Waals surface area (Å²) in [4.78, 5) is 4.52. The molecule has 0 aliphatic carbocycles. The van der Waals surface area contributed by atoms with Crippen molar-refractivity contribution in [1.29, 1.82) is 0 Å². The van der Waals surface area contributed by atoms with E-state index in [1.165, 1.54) is 0 Å². The molecule has 0 bridgehead atoms. The maximum atomic E-state index is 5.45. The summed E-state index contributed by atoms with van der Waals surface area (Å²) in [6.07, 6.45) is 0.924. The fraction of sp³-hybridized carbons (Fsp3) is 0.312. The third kappa shape index (κ3) is 2.21. The molecule has 1 unspecified atom stereocenters. The van der Waals surface area contributed by atoms with Gasteiger partial charge in [0.05, 0.1) is 6.61 Å². The minimum atomic E-state index is 0.206. The van der Waals surface area contributed by atoms with Crippen molar-refractivity contribution >= 4 is 0 Å². The van der Waals surface area contributed by atoms with Crippen molar-refractivity contribution in [2.24, 2.45) is 0 Å². The lowest BCUT2D eigenvalue weighted by Crippen LogP contribution is -1.99. The quantitative estimate of drug-likeness (QED) is 0.739. The largest absolute Gasteiger partial charge is 0.381 e. The average Bonchev–Trinajstić information content (AvgIpc) is 3.27. The second-order valence-corrected chi connectivity index (χ2v) is 5.35. The molecule has 6 heteroatoms. The van der Waals surface area contributed by atoms with E-state index >= 15 is 0 Å². The Bertz CT molecular complexity index is 773. The van der Waals surface area contributed by atoms with Crippen LogP contribution >= 0.6 is 0 Å². The molecule has 3 heterocycles. The van der Waals surface area contributed by atoms with Crippen LogP contribution in [0.1, 0.15) is 23.9 Å². The molecular weight excluding hydrogens is 282 g/mol. The molecule has 112 valence electrons. The highest BCUT2D eigenvalue weighted by molar-refractivity contribution is 5.77. The van der Waals surface area contributed by atoms with Crippen LogP contribution in [0.25, 0.3) is 22.7 Å². The third-order valence-corrected chi connectivity index (χ3v) is 3.86. The van der Waals surface area contributed by atoms with Crippen molar-refractivity contribution in [1.82, 2.24) is 15.3 Å². The Balaban J connectivity index is 1.75. The summed E-state index contributed by atoms with van der Waals surface area (Å²) in [5.74, 6) is 2.00. The van der Waals surface area contributed by atoms with E-state index in [0.29, 0.717) is 24.1 Å². The highest BCUT2D eigenvalue weighted by Crippen LogP contribution is 2.34. The lowest BCUT2D eigenvalue weighted by atomic mass is 10.1. The third-order valence-electron chi connectivity index (χ3n) is 3.86. The van der Waals surface area contributed by atoms with Crippen molar-refractivity contribution < 1.29 is 13.8 Å². The predicted octanol–water partition coefficient (Wildman–Crippen LogP) is 3.20. The standard InChI is InChI=1S/C16H15N3O3/c1-10-13(14(18-21-10)11-5-3-2-4-6-11)16-17-15(19-22-16)12-7-8-20-9-12/h2-6,12H,7-9H2,1H3.